The third-order valence-corrected chi connectivity index (χ3v) is 5.52. The molecule has 6 heteroatoms. The second-order valence-electron chi connectivity index (χ2n) is 7.39. The van der Waals surface area contributed by atoms with Gasteiger partial charge >= 0.3 is 6.09 Å². The molecule has 2 heterocycles. The van der Waals surface area contributed by atoms with Gasteiger partial charge in [0.15, 0.2) is 0 Å². The van der Waals surface area contributed by atoms with E-state index in [9.17, 15) is 4.79 Å². The van der Waals surface area contributed by atoms with Gasteiger partial charge in [-0.1, -0.05) is 0 Å². The Morgan fingerprint density at radius 1 is 1.50 bits per heavy atom. The molecule has 1 aromatic rings. The minimum Gasteiger partial charge on any atom is -0.444 e. The number of carbonyl (C=O) groups is 1. The highest BCUT2D eigenvalue weighted by Gasteiger charge is 2.48. The predicted octanol–water partition coefficient (Wildman–Crippen LogP) is 2.80. The molecule has 1 saturated heterocycles. The van der Waals surface area contributed by atoms with Gasteiger partial charge in [0.2, 0.25) is 0 Å². The number of nitrogens with zero attached hydrogens (tertiary/aromatic N) is 2. The second kappa shape index (κ2) is 5.81. The van der Waals surface area contributed by atoms with Gasteiger partial charge in [-0.2, -0.15) is 0 Å². The van der Waals surface area contributed by atoms with Crippen LogP contribution in [-0.4, -0.2) is 40.7 Å². The number of hydrogen-bond donors (Lipinski definition) is 1. The number of aryl methyl sites for hydroxylation is 1. The number of nitrogens with one attached hydrogen (secondary N) is 1. The summed E-state index contributed by atoms with van der Waals surface area (Å²) < 4.78 is 5.48. The zero-order valence-corrected chi connectivity index (χ0v) is 14.6. The van der Waals surface area contributed by atoms with Crippen LogP contribution in [0.15, 0.2) is 5.51 Å². The molecule has 3 unspecified atom stereocenters. The Morgan fingerprint density at radius 3 is 2.91 bits per heavy atom. The van der Waals surface area contributed by atoms with Crippen LogP contribution >= 0.6 is 11.3 Å². The fourth-order valence-electron chi connectivity index (χ4n) is 3.34. The first-order chi connectivity index (χ1) is 10.3. The van der Waals surface area contributed by atoms with Crippen molar-refractivity contribution in [1.29, 1.82) is 0 Å². The largest absolute Gasteiger partial charge is 0.444 e. The predicted molar refractivity (Wildman–Crippen MR) is 86.9 cm³/mol. The molecule has 0 radical (unpaired) electrons. The fourth-order valence-corrected chi connectivity index (χ4v) is 4.06. The molecular weight excluding hydrogens is 298 g/mol. The normalized spacial score (nSPS) is 27.5. The molecule has 1 N–H and O–H groups in total. The standard InChI is InChI=1S/C16H25N3O2S/c1-10-14(22-9-18-10)6-17-13-5-11-7-19(8-12(11)13)15(20)21-16(2,3)4/h9,11-13,17H,5-8H2,1-4H3. The van der Waals surface area contributed by atoms with Gasteiger partial charge in [-0.25, -0.2) is 9.78 Å². The summed E-state index contributed by atoms with van der Waals surface area (Å²) in [7, 11) is 0. The van der Waals surface area contributed by atoms with Crippen LogP contribution in [-0.2, 0) is 11.3 Å². The Balaban J connectivity index is 1.49. The molecule has 0 spiro atoms. The third-order valence-electron chi connectivity index (χ3n) is 4.59. The van der Waals surface area contributed by atoms with Crippen LogP contribution in [0.25, 0.3) is 0 Å². The summed E-state index contributed by atoms with van der Waals surface area (Å²) in [4.78, 5) is 19.6. The van der Waals surface area contributed by atoms with E-state index in [2.05, 4.69) is 17.2 Å². The second-order valence-corrected chi connectivity index (χ2v) is 8.33. The number of likely N-dealkylation sites (tertiary alicyclic amines) is 1. The Kier molecular flexibility index (Phi) is 4.16. The molecular formula is C16H25N3O2S. The van der Waals surface area contributed by atoms with Crippen LogP contribution in [0.1, 0.15) is 37.8 Å². The minimum absolute atomic E-state index is 0.168. The van der Waals surface area contributed by atoms with Gasteiger partial charge in [0.05, 0.1) is 11.2 Å². The SMILES string of the molecule is Cc1ncsc1CNC1CC2CN(C(=O)OC(C)(C)C)CC21. The number of hydrogen-bond acceptors (Lipinski definition) is 5. The van der Waals surface area contributed by atoms with E-state index < -0.39 is 5.60 Å². The molecule has 1 aromatic heterocycles. The van der Waals surface area contributed by atoms with Crippen molar-refractivity contribution >= 4 is 17.4 Å². The fraction of sp³-hybridized carbons (Fsp3) is 0.750. The van der Waals surface area contributed by atoms with Gasteiger partial charge in [-0.05, 0) is 46.0 Å². The van der Waals surface area contributed by atoms with E-state index in [1.54, 1.807) is 11.3 Å². The van der Waals surface area contributed by atoms with Crippen molar-refractivity contribution in [3.8, 4) is 0 Å². The van der Waals surface area contributed by atoms with E-state index in [4.69, 9.17) is 4.74 Å². The zero-order chi connectivity index (χ0) is 15.9. The summed E-state index contributed by atoms with van der Waals surface area (Å²) in [6.07, 6.45) is 0.987. The van der Waals surface area contributed by atoms with E-state index in [1.165, 1.54) is 4.88 Å². The van der Waals surface area contributed by atoms with Crippen molar-refractivity contribution in [1.82, 2.24) is 15.2 Å². The minimum atomic E-state index is -0.417. The molecule has 1 saturated carbocycles. The Hall–Kier alpha value is -1.14. The average Bonchev–Trinajstić information content (AvgIpc) is 2.93. The lowest BCUT2D eigenvalue weighted by Crippen LogP contribution is -2.49. The Morgan fingerprint density at radius 2 is 2.27 bits per heavy atom. The number of rotatable bonds is 3. The zero-order valence-electron chi connectivity index (χ0n) is 13.8. The first-order valence-electron chi connectivity index (χ1n) is 7.94. The third kappa shape index (κ3) is 3.27. The number of fused-ring (bicyclic) bond motifs is 1. The van der Waals surface area contributed by atoms with Crippen LogP contribution in [0, 0.1) is 18.8 Å². The summed E-state index contributed by atoms with van der Waals surface area (Å²) in [6, 6.07) is 0.513. The lowest BCUT2D eigenvalue weighted by atomic mass is 9.71. The van der Waals surface area contributed by atoms with Crippen LogP contribution in [0.2, 0.25) is 0 Å². The van der Waals surface area contributed by atoms with E-state index in [0.29, 0.717) is 17.9 Å². The van der Waals surface area contributed by atoms with Crippen LogP contribution in [0.5, 0.6) is 0 Å². The van der Waals surface area contributed by atoms with E-state index in [0.717, 1.165) is 31.7 Å². The van der Waals surface area contributed by atoms with Crippen LogP contribution in [0.3, 0.4) is 0 Å². The average molecular weight is 323 g/mol. The highest BCUT2D eigenvalue weighted by molar-refractivity contribution is 7.09. The quantitative estimate of drug-likeness (QED) is 0.929. The summed E-state index contributed by atoms with van der Waals surface area (Å²) in [5.41, 5.74) is 2.60. The number of ether oxygens (including phenoxy) is 1. The number of thiazole rings is 1. The Bertz CT molecular complexity index is 552. The maximum absolute atomic E-state index is 12.2. The van der Waals surface area contributed by atoms with Crippen LogP contribution in [0.4, 0.5) is 4.79 Å². The van der Waals surface area contributed by atoms with Crippen molar-refractivity contribution < 1.29 is 9.53 Å². The van der Waals surface area contributed by atoms with E-state index in [-0.39, 0.29) is 6.09 Å². The molecule has 1 aliphatic carbocycles. The highest BCUT2D eigenvalue weighted by atomic mass is 32.1. The molecule has 5 nitrogen and oxygen atoms in total. The van der Waals surface area contributed by atoms with Gasteiger partial charge < -0.3 is 15.0 Å². The van der Waals surface area contributed by atoms with Crippen LogP contribution < -0.4 is 5.32 Å². The number of amides is 1. The van der Waals surface area contributed by atoms with Gasteiger partial charge in [0.1, 0.15) is 5.60 Å². The topological polar surface area (TPSA) is 54.5 Å². The van der Waals surface area contributed by atoms with Crippen molar-refractivity contribution in [3.63, 3.8) is 0 Å². The van der Waals surface area contributed by atoms with E-state index in [1.807, 2.05) is 31.2 Å². The summed E-state index contributed by atoms with van der Waals surface area (Å²) in [6.45, 7) is 10.3. The number of carbonyl (C=O) groups excluding carboxylic acids is 1. The monoisotopic (exact) mass is 323 g/mol. The van der Waals surface area contributed by atoms with Crippen molar-refractivity contribution in [2.75, 3.05) is 13.1 Å². The molecule has 1 aliphatic heterocycles. The maximum Gasteiger partial charge on any atom is 0.410 e. The van der Waals surface area contributed by atoms with Gasteiger partial charge in [-0.3, -0.25) is 0 Å². The van der Waals surface area contributed by atoms with Crippen molar-refractivity contribution in [2.24, 2.45) is 11.8 Å². The van der Waals surface area contributed by atoms with Gasteiger partial charge in [0, 0.05) is 30.6 Å². The molecule has 122 valence electrons. The van der Waals surface area contributed by atoms with Crippen molar-refractivity contribution in [2.45, 2.75) is 52.3 Å². The molecule has 0 aromatic carbocycles. The van der Waals surface area contributed by atoms with E-state index >= 15 is 0 Å². The molecule has 2 fully saturated rings. The first-order valence-corrected chi connectivity index (χ1v) is 8.82. The molecule has 3 rings (SSSR count). The van der Waals surface area contributed by atoms with Gasteiger partial charge in [-0.15, -0.1) is 11.3 Å². The smallest absolute Gasteiger partial charge is 0.410 e. The maximum atomic E-state index is 12.2. The van der Waals surface area contributed by atoms with Gasteiger partial charge in [0.25, 0.3) is 0 Å². The molecule has 3 atom stereocenters. The molecule has 0 bridgehead atoms. The summed E-state index contributed by atoms with van der Waals surface area (Å²) >= 11 is 1.71. The number of aromatic nitrogens is 1. The first kappa shape index (κ1) is 15.7. The summed E-state index contributed by atoms with van der Waals surface area (Å²) in [5.74, 6) is 1.20. The molecule has 1 amide bonds. The molecule has 22 heavy (non-hydrogen) atoms. The molecule has 2 aliphatic rings. The lowest BCUT2D eigenvalue weighted by Gasteiger charge is -2.39. The lowest BCUT2D eigenvalue weighted by molar-refractivity contribution is 0.0287. The highest BCUT2D eigenvalue weighted by Crippen LogP contribution is 2.41. The Labute approximate surface area is 136 Å². The van der Waals surface area contributed by atoms with Crippen molar-refractivity contribution in [3.05, 3.63) is 16.1 Å². The summed E-state index contributed by atoms with van der Waals surface area (Å²) in [5, 5.41) is 3.63.